The molecule has 1 fully saturated rings. The topological polar surface area (TPSA) is 24.9 Å². The zero-order valence-corrected chi connectivity index (χ0v) is 12.7. The molecule has 108 valence electrons. The van der Waals surface area contributed by atoms with Gasteiger partial charge in [-0.05, 0) is 34.7 Å². The molecule has 4 heteroatoms. The molecular formula is C14H30N2O2. The maximum Gasteiger partial charge on any atom is 0.158 e. The van der Waals surface area contributed by atoms with E-state index in [4.69, 9.17) is 9.47 Å². The molecule has 0 spiro atoms. The van der Waals surface area contributed by atoms with Crippen molar-refractivity contribution in [1.82, 2.24) is 9.80 Å². The van der Waals surface area contributed by atoms with Gasteiger partial charge in [-0.3, -0.25) is 4.90 Å². The van der Waals surface area contributed by atoms with Crippen LogP contribution in [0.4, 0.5) is 0 Å². The second kappa shape index (κ2) is 7.43. The number of nitrogens with zero attached hydrogens (tertiary/aromatic N) is 2. The number of ether oxygens (including phenoxy) is 2. The molecule has 0 aromatic rings. The first-order valence-electron chi connectivity index (χ1n) is 7.16. The molecule has 0 aliphatic carbocycles. The van der Waals surface area contributed by atoms with E-state index in [2.05, 4.69) is 30.7 Å². The lowest BCUT2D eigenvalue weighted by atomic mass is 10.00. The van der Waals surface area contributed by atoms with E-state index in [1.165, 1.54) is 0 Å². The second-order valence-corrected chi connectivity index (χ2v) is 5.64. The number of hydrogen-bond donors (Lipinski definition) is 0. The summed E-state index contributed by atoms with van der Waals surface area (Å²) >= 11 is 0. The van der Waals surface area contributed by atoms with Gasteiger partial charge in [0.1, 0.15) is 0 Å². The van der Waals surface area contributed by atoms with Gasteiger partial charge in [0.2, 0.25) is 0 Å². The maximum absolute atomic E-state index is 5.59. The van der Waals surface area contributed by atoms with Crippen LogP contribution in [0, 0.1) is 0 Å². The van der Waals surface area contributed by atoms with E-state index < -0.39 is 0 Å². The van der Waals surface area contributed by atoms with Crippen LogP contribution in [-0.2, 0) is 9.47 Å². The third-order valence-corrected chi connectivity index (χ3v) is 3.78. The van der Waals surface area contributed by atoms with Crippen molar-refractivity contribution >= 4 is 0 Å². The highest BCUT2D eigenvalue weighted by Gasteiger charge is 2.30. The van der Waals surface area contributed by atoms with Gasteiger partial charge < -0.3 is 14.4 Å². The zero-order valence-electron chi connectivity index (χ0n) is 12.7. The van der Waals surface area contributed by atoms with Crippen molar-refractivity contribution in [1.29, 1.82) is 0 Å². The third-order valence-electron chi connectivity index (χ3n) is 3.78. The summed E-state index contributed by atoms with van der Waals surface area (Å²) in [5.41, 5.74) is 0.269. The fourth-order valence-electron chi connectivity index (χ4n) is 2.41. The van der Waals surface area contributed by atoms with Crippen LogP contribution in [0.25, 0.3) is 0 Å². The Morgan fingerprint density at radius 2 is 1.72 bits per heavy atom. The normalized spacial score (nSPS) is 21.7. The Bertz CT molecular complexity index is 228. The molecule has 1 aliphatic heterocycles. The predicted octanol–water partition coefficient (Wildman–Crippen LogP) is 1.80. The summed E-state index contributed by atoms with van der Waals surface area (Å²) in [7, 11) is 2.21. The average molecular weight is 258 g/mol. The molecule has 1 heterocycles. The summed E-state index contributed by atoms with van der Waals surface area (Å²) in [4.78, 5) is 4.96. The summed E-state index contributed by atoms with van der Waals surface area (Å²) in [6.45, 7) is 14.6. The van der Waals surface area contributed by atoms with Gasteiger partial charge in [0, 0.05) is 51.4 Å². The van der Waals surface area contributed by atoms with Crippen molar-refractivity contribution in [3.8, 4) is 0 Å². The lowest BCUT2D eigenvalue weighted by molar-refractivity contribution is -0.143. The zero-order chi connectivity index (χ0) is 13.6. The van der Waals surface area contributed by atoms with E-state index >= 15 is 0 Å². The van der Waals surface area contributed by atoms with E-state index in [-0.39, 0.29) is 11.8 Å². The van der Waals surface area contributed by atoms with Crippen molar-refractivity contribution < 1.29 is 9.47 Å². The standard InChI is InChI=1S/C14H30N2O2/c1-6-17-13(18-7-2)8-9-16-11-10-15(5)14(3,4)12-16/h13H,6-12H2,1-5H3. The highest BCUT2D eigenvalue weighted by molar-refractivity contribution is 4.88. The quantitative estimate of drug-likeness (QED) is 0.650. The molecule has 0 N–H and O–H groups in total. The predicted molar refractivity (Wildman–Crippen MR) is 74.8 cm³/mol. The van der Waals surface area contributed by atoms with E-state index in [1.54, 1.807) is 0 Å². The van der Waals surface area contributed by atoms with Gasteiger partial charge in [0.05, 0.1) is 0 Å². The largest absolute Gasteiger partial charge is 0.353 e. The maximum atomic E-state index is 5.59. The molecule has 1 rings (SSSR count). The molecule has 0 bridgehead atoms. The summed E-state index contributed by atoms with van der Waals surface area (Å²) in [5.74, 6) is 0. The lowest BCUT2D eigenvalue weighted by Gasteiger charge is -2.45. The number of piperazine rings is 1. The monoisotopic (exact) mass is 258 g/mol. The van der Waals surface area contributed by atoms with E-state index in [1.807, 2.05) is 13.8 Å². The van der Waals surface area contributed by atoms with Crippen LogP contribution >= 0.6 is 0 Å². The van der Waals surface area contributed by atoms with Gasteiger partial charge in [-0.15, -0.1) is 0 Å². The fraction of sp³-hybridized carbons (Fsp3) is 1.00. The van der Waals surface area contributed by atoms with Crippen molar-refractivity contribution in [3.05, 3.63) is 0 Å². The fourth-order valence-corrected chi connectivity index (χ4v) is 2.41. The minimum absolute atomic E-state index is 0.0391. The van der Waals surface area contributed by atoms with Gasteiger partial charge in [-0.2, -0.15) is 0 Å². The molecule has 4 nitrogen and oxygen atoms in total. The molecule has 1 aliphatic rings. The van der Waals surface area contributed by atoms with Crippen molar-refractivity contribution in [2.24, 2.45) is 0 Å². The Hall–Kier alpha value is -0.160. The summed E-state index contributed by atoms with van der Waals surface area (Å²) in [6.07, 6.45) is 0.921. The van der Waals surface area contributed by atoms with Gasteiger partial charge in [0.15, 0.2) is 6.29 Å². The Labute approximate surface area is 112 Å². The van der Waals surface area contributed by atoms with Crippen LogP contribution in [0.1, 0.15) is 34.1 Å². The van der Waals surface area contributed by atoms with Crippen LogP contribution in [-0.4, -0.2) is 68.1 Å². The molecule has 0 atom stereocenters. The van der Waals surface area contributed by atoms with Crippen LogP contribution in [0.15, 0.2) is 0 Å². The number of rotatable bonds is 7. The van der Waals surface area contributed by atoms with Crippen LogP contribution < -0.4 is 0 Å². The molecule has 0 radical (unpaired) electrons. The van der Waals surface area contributed by atoms with Crippen molar-refractivity contribution in [2.45, 2.75) is 45.9 Å². The summed E-state index contributed by atoms with van der Waals surface area (Å²) < 4.78 is 11.2. The highest BCUT2D eigenvalue weighted by Crippen LogP contribution is 2.19. The first-order valence-corrected chi connectivity index (χ1v) is 7.16. The van der Waals surface area contributed by atoms with Crippen LogP contribution in [0.3, 0.4) is 0 Å². The SMILES string of the molecule is CCOC(CCN1CCN(C)C(C)(C)C1)OCC. The Kier molecular flexibility index (Phi) is 6.57. The first-order chi connectivity index (χ1) is 8.49. The lowest BCUT2D eigenvalue weighted by Crippen LogP contribution is -2.57. The molecule has 0 aromatic carbocycles. The van der Waals surface area contributed by atoms with Crippen molar-refractivity contribution in [3.63, 3.8) is 0 Å². The van der Waals surface area contributed by atoms with Gasteiger partial charge in [-0.25, -0.2) is 0 Å². The molecular weight excluding hydrogens is 228 g/mol. The molecule has 0 aromatic heterocycles. The molecule has 0 saturated carbocycles. The van der Waals surface area contributed by atoms with Crippen LogP contribution in [0.5, 0.6) is 0 Å². The Morgan fingerprint density at radius 1 is 1.11 bits per heavy atom. The van der Waals surface area contributed by atoms with Gasteiger partial charge in [0.25, 0.3) is 0 Å². The number of hydrogen-bond acceptors (Lipinski definition) is 4. The third kappa shape index (κ3) is 4.84. The van der Waals surface area contributed by atoms with Gasteiger partial charge in [-0.1, -0.05) is 0 Å². The Balaban J connectivity index is 2.34. The molecule has 18 heavy (non-hydrogen) atoms. The summed E-state index contributed by atoms with van der Waals surface area (Å²) in [6, 6.07) is 0. The highest BCUT2D eigenvalue weighted by atomic mass is 16.7. The van der Waals surface area contributed by atoms with E-state index in [9.17, 15) is 0 Å². The second-order valence-electron chi connectivity index (χ2n) is 5.64. The molecule has 0 amide bonds. The average Bonchev–Trinajstić information content (AvgIpc) is 2.31. The summed E-state index contributed by atoms with van der Waals surface area (Å²) in [5, 5.41) is 0. The van der Waals surface area contributed by atoms with Crippen LogP contribution in [0.2, 0.25) is 0 Å². The van der Waals surface area contributed by atoms with E-state index in [0.29, 0.717) is 0 Å². The minimum atomic E-state index is -0.0391. The molecule has 0 unspecified atom stereocenters. The smallest absolute Gasteiger partial charge is 0.158 e. The minimum Gasteiger partial charge on any atom is -0.353 e. The molecule has 1 saturated heterocycles. The number of likely N-dealkylation sites (N-methyl/N-ethyl adjacent to an activating group) is 1. The van der Waals surface area contributed by atoms with E-state index in [0.717, 1.165) is 45.8 Å². The first kappa shape index (κ1) is 15.9. The van der Waals surface area contributed by atoms with Crippen molar-refractivity contribution in [2.75, 3.05) is 46.4 Å². The van der Waals surface area contributed by atoms with Gasteiger partial charge >= 0.3 is 0 Å². The Morgan fingerprint density at radius 3 is 2.22 bits per heavy atom.